The van der Waals surface area contributed by atoms with E-state index in [0.717, 1.165) is 12.1 Å². The van der Waals surface area contributed by atoms with Crippen LogP contribution in [-0.2, 0) is 20.2 Å². The molecule has 0 fully saturated rings. The Labute approximate surface area is 124 Å². The van der Waals surface area contributed by atoms with E-state index in [-0.39, 0.29) is 18.4 Å². The Bertz CT molecular complexity index is 583. The molecule has 0 radical (unpaired) electrons. The second kappa shape index (κ2) is 7.17. The number of hydrogen-bond donors (Lipinski definition) is 1. The first-order chi connectivity index (χ1) is 10.0. The maximum Gasteiger partial charge on any atom is 0.335 e. The van der Waals surface area contributed by atoms with Gasteiger partial charge in [-0.1, -0.05) is 19.9 Å². The van der Waals surface area contributed by atoms with Gasteiger partial charge in [-0.25, -0.2) is 4.39 Å². The molecule has 0 amide bonds. The van der Waals surface area contributed by atoms with Gasteiger partial charge in [0.05, 0.1) is 0 Å². The van der Waals surface area contributed by atoms with E-state index in [9.17, 15) is 4.39 Å². The van der Waals surface area contributed by atoms with Crippen molar-refractivity contribution in [2.24, 2.45) is 13.0 Å². The summed E-state index contributed by atoms with van der Waals surface area (Å²) in [5, 5.41) is 7.33. The number of nitrogens with one attached hydrogen (secondary N) is 1. The first kappa shape index (κ1) is 15.4. The maximum atomic E-state index is 13.8. The topological polar surface area (TPSA) is 52.0 Å². The Hall–Kier alpha value is -1.95. The van der Waals surface area contributed by atoms with Crippen LogP contribution in [0.4, 0.5) is 4.39 Å². The van der Waals surface area contributed by atoms with E-state index in [4.69, 9.17) is 4.74 Å². The highest BCUT2D eigenvalue weighted by molar-refractivity contribution is 5.25. The Balaban J connectivity index is 1.94. The van der Waals surface area contributed by atoms with E-state index in [0.29, 0.717) is 18.0 Å². The van der Waals surface area contributed by atoms with Crippen LogP contribution >= 0.6 is 0 Å². The third-order valence-corrected chi connectivity index (χ3v) is 2.93. The summed E-state index contributed by atoms with van der Waals surface area (Å²) in [5.41, 5.74) is 1.54. The minimum Gasteiger partial charge on any atom is -0.457 e. The minimum atomic E-state index is -0.279. The fourth-order valence-corrected chi connectivity index (χ4v) is 1.88. The molecule has 5 nitrogen and oxygen atoms in total. The molecule has 2 rings (SSSR count). The minimum absolute atomic E-state index is 0.119. The SMILES string of the molecule is CC(C)CNCc1ccc(F)c(COc2ncn(C)n2)c1. The molecule has 21 heavy (non-hydrogen) atoms. The number of rotatable bonds is 7. The predicted octanol–water partition coefficient (Wildman–Crippen LogP) is 2.28. The lowest BCUT2D eigenvalue weighted by molar-refractivity contribution is 0.274. The van der Waals surface area contributed by atoms with Crippen LogP contribution in [0, 0.1) is 11.7 Å². The number of hydrogen-bond acceptors (Lipinski definition) is 4. The van der Waals surface area contributed by atoms with E-state index in [1.165, 1.54) is 17.1 Å². The summed E-state index contributed by atoms with van der Waals surface area (Å²) in [7, 11) is 1.75. The summed E-state index contributed by atoms with van der Waals surface area (Å²) in [4.78, 5) is 3.95. The lowest BCUT2D eigenvalue weighted by atomic mass is 10.1. The molecular formula is C15H21FN4O. The van der Waals surface area contributed by atoms with Crippen molar-refractivity contribution < 1.29 is 9.13 Å². The summed E-state index contributed by atoms with van der Waals surface area (Å²) in [6, 6.07) is 5.31. The number of nitrogens with zero attached hydrogens (tertiary/aromatic N) is 3. The molecular weight excluding hydrogens is 271 g/mol. The van der Waals surface area contributed by atoms with Crippen molar-refractivity contribution in [3.63, 3.8) is 0 Å². The molecule has 2 aromatic rings. The van der Waals surface area contributed by atoms with Gasteiger partial charge in [0.15, 0.2) is 0 Å². The lowest BCUT2D eigenvalue weighted by Crippen LogP contribution is -2.19. The molecule has 1 N–H and O–H groups in total. The van der Waals surface area contributed by atoms with Crippen LogP contribution in [0.1, 0.15) is 25.0 Å². The molecule has 0 saturated heterocycles. The summed E-state index contributed by atoms with van der Waals surface area (Å²) in [5.74, 6) is 0.307. The highest BCUT2D eigenvalue weighted by atomic mass is 19.1. The monoisotopic (exact) mass is 292 g/mol. The van der Waals surface area contributed by atoms with Crippen LogP contribution in [0.3, 0.4) is 0 Å². The Morgan fingerprint density at radius 3 is 2.86 bits per heavy atom. The van der Waals surface area contributed by atoms with Crippen molar-refractivity contribution in [3.05, 3.63) is 41.5 Å². The zero-order valence-electron chi connectivity index (χ0n) is 12.6. The van der Waals surface area contributed by atoms with E-state index < -0.39 is 0 Å². The van der Waals surface area contributed by atoms with E-state index in [2.05, 4.69) is 29.2 Å². The number of aryl methyl sites for hydroxylation is 1. The molecule has 1 aromatic carbocycles. The standard InChI is InChI=1S/C15H21FN4O/c1-11(2)7-17-8-12-4-5-14(16)13(6-12)9-21-15-18-10-20(3)19-15/h4-6,10-11,17H,7-9H2,1-3H3. The van der Waals surface area contributed by atoms with Crippen molar-refractivity contribution in [3.8, 4) is 6.01 Å². The average molecular weight is 292 g/mol. The quantitative estimate of drug-likeness (QED) is 0.850. The van der Waals surface area contributed by atoms with Gasteiger partial charge < -0.3 is 10.1 Å². The molecule has 0 unspecified atom stereocenters. The van der Waals surface area contributed by atoms with Crippen molar-refractivity contribution in [2.45, 2.75) is 27.0 Å². The van der Waals surface area contributed by atoms with Gasteiger partial charge in [-0.15, -0.1) is 5.10 Å². The zero-order valence-corrected chi connectivity index (χ0v) is 12.6. The van der Waals surface area contributed by atoms with Crippen molar-refractivity contribution in [2.75, 3.05) is 6.54 Å². The van der Waals surface area contributed by atoms with Crippen LogP contribution in [0.15, 0.2) is 24.5 Å². The summed E-state index contributed by atoms with van der Waals surface area (Å²) in [6.07, 6.45) is 1.54. The summed E-state index contributed by atoms with van der Waals surface area (Å²) in [6.45, 7) is 6.07. The fourth-order valence-electron chi connectivity index (χ4n) is 1.88. The van der Waals surface area contributed by atoms with Crippen LogP contribution in [-0.4, -0.2) is 21.3 Å². The van der Waals surface area contributed by atoms with Crippen molar-refractivity contribution >= 4 is 0 Å². The normalized spacial score (nSPS) is 11.1. The molecule has 0 aliphatic rings. The third-order valence-electron chi connectivity index (χ3n) is 2.93. The Morgan fingerprint density at radius 2 is 2.19 bits per heavy atom. The van der Waals surface area contributed by atoms with Gasteiger partial charge in [-0.05, 0) is 30.2 Å². The van der Waals surface area contributed by atoms with Gasteiger partial charge in [-0.2, -0.15) is 4.98 Å². The predicted molar refractivity (Wildman–Crippen MR) is 78.3 cm³/mol. The molecule has 114 valence electrons. The molecule has 0 aliphatic carbocycles. The molecule has 0 bridgehead atoms. The first-order valence-corrected chi connectivity index (χ1v) is 7.01. The number of halogens is 1. The number of benzene rings is 1. The lowest BCUT2D eigenvalue weighted by Gasteiger charge is -2.09. The maximum absolute atomic E-state index is 13.8. The third kappa shape index (κ3) is 4.82. The second-order valence-corrected chi connectivity index (χ2v) is 5.44. The number of aromatic nitrogens is 3. The highest BCUT2D eigenvalue weighted by Gasteiger charge is 2.07. The largest absolute Gasteiger partial charge is 0.457 e. The van der Waals surface area contributed by atoms with Gasteiger partial charge in [0.25, 0.3) is 0 Å². The van der Waals surface area contributed by atoms with Gasteiger partial charge in [0.1, 0.15) is 18.8 Å². The van der Waals surface area contributed by atoms with Crippen LogP contribution in [0.5, 0.6) is 6.01 Å². The molecule has 0 spiro atoms. The Morgan fingerprint density at radius 1 is 1.38 bits per heavy atom. The van der Waals surface area contributed by atoms with Crippen LogP contribution in [0.2, 0.25) is 0 Å². The smallest absolute Gasteiger partial charge is 0.335 e. The summed E-state index contributed by atoms with van der Waals surface area (Å²) < 4.78 is 20.7. The number of ether oxygens (including phenoxy) is 1. The highest BCUT2D eigenvalue weighted by Crippen LogP contribution is 2.13. The van der Waals surface area contributed by atoms with Crippen molar-refractivity contribution in [1.82, 2.24) is 20.1 Å². The van der Waals surface area contributed by atoms with Crippen molar-refractivity contribution in [1.29, 1.82) is 0 Å². The molecule has 1 heterocycles. The van der Waals surface area contributed by atoms with E-state index >= 15 is 0 Å². The van der Waals surface area contributed by atoms with Crippen LogP contribution in [0.25, 0.3) is 0 Å². The Kier molecular flexibility index (Phi) is 5.27. The zero-order chi connectivity index (χ0) is 15.2. The molecule has 6 heteroatoms. The second-order valence-electron chi connectivity index (χ2n) is 5.44. The molecule has 0 aliphatic heterocycles. The van der Waals surface area contributed by atoms with Gasteiger partial charge in [0.2, 0.25) is 0 Å². The van der Waals surface area contributed by atoms with E-state index in [1.807, 2.05) is 6.07 Å². The average Bonchev–Trinajstić information content (AvgIpc) is 2.84. The molecule has 0 atom stereocenters. The first-order valence-electron chi connectivity index (χ1n) is 7.01. The van der Waals surface area contributed by atoms with Gasteiger partial charge >= 0.3 is 6.01 Å². The van der Waals surface area contributed by atoms with Crippen LogP contribution < -0.4 is 10.1 Å². The fraction of sp³-hybridized carbons (Fsp3) is 0.467. The summed E-state index contributed by atoms with van der Waals surface area (Å²) >= 11 is 0. The van der Waals surface area contributed by atoms with Gasteiger partial charge in [-0.3, -0.25) is 4.68 Å². The molecule has 1 aromatic heterocycles. The van der Waals surface area contributed by atoms with E-state index in [1.54, 1.807) is 13.1 Å². The molecule has 0 saturated carbocycles. The van der Waals surface area contributed by atoms with Gasteiger partial charge in [0, 0.05) is 19.2 Å².